The molecule has 0 aliphatic carbocycles. The van der Waals surface area contributed by atoms with Crippen molar-refractivity contribution < 1.29 is 14.3 Å². The highest BCUT2D eigenvalue weighted by atomic mass is 16.5. The van der Waals surface area contributed by atoms with Crippen LogP contribution in [-0.4, -0.2) is 23.5 Å². The van der Waals surface area contributed by atoms with Gasteiger partial charge in [0.25, 0.3) is 5.91 Å². The fourth-order valence-electron chi connectivity index (χ4n) is 3.45. The minimum atomic E-state index is -0.560. The third kappa shape index (κ3) is 4.61. The summed E-state index contributed by atoms with van der Waals surface area (Å²) in [5.74, 6) is -0.939. The Kier molecular flexibility index (Phi) is 6.03. The van der Waals surface area contributed by atoms with Crippen molar-refractivity contribution in [2.45, 2.75) is 13.3 Å². The van der Waals surface area contributed by atoms with Crippen molar-refractivity contribution in [3.05, 3.63) is 96.1 Å². The summed E-state index contributed by atoms with van der Waals surface area (Å²) in [5, 5.41) is 3.50. The zero-order chi connectivity index (χ0) is 21.6. The lowest BCUT2D eigenvalue weighted by Crippen LogP contribution is -2.21. The van der Waals surface area contributed by atoms with Crippen molar-refractivity contribution in [3.8, 4) is 11.3 Å². The Bertz CT molecular complexity index is 1240. The third-order valence-corrected chi connectivity index (χ3v) is 5.01. The summed E-state index contributed by atoms with van der Waals surface area (Å²) in [7, 11) is 0. The van der Waals surface area contributed by atoms with Gasteiger partial charge >= 0.3 is 5.97 Å². The number of ether oxygens (including phenoxy) is 1. The number of carbonyl (C=O) groups excluding carboxylic acids is 2. The summed E-state index contributed by atoms with van der Waals surface area (Å²) in [4.78, 5) is 29.9. The molecule has 1 heterocycles. The average molecular weight is 410 g/mol. The van der Waals surface area contributed by atoms with Crippen LogP contribution >= 0.6 is 0 Å². The van der Waals surface area contributed by atoms with E-state index in [1.807, 2.05) is 85.8 Å². The van der Waals surface area contributed by atoms with Gasteiger partial charge in [-0.3, -0.25) is 4.79 Å². The zero-order valence-corrected chi connectivity index (χ0v) is 17.2. The first-order valence-electron chi connectivity index (χ1n) is 10.2. The van der Waals surface area contributed by atoms with E-state index >= 15 is 0 Å². The molecule has 5 heteroatoms. The van der Waals surface area contributed by atoms with Gasteiger partial charge in [-0.05, 0) is 30.2 Å². The molecule has 1 amide bonds. The fraction of sp³-hybridized carbons (Fsp3) is 0.115. The van der Waals surface area contributed by atoms with Gasteiger partial charge in [0.2, 0.25) is 0 Å². The highest BCUT2D eigenvalue weighted by Crippen LogP contribution is 2.25. The number of hydrogen-bond acceptors (Lipinski definition) is 4. The number of anilines is 1. The van der Waals surface area contributed by atoms with Crippen LogP contribution in [0.4, 0.5) is 5.69 Å². The highest BCUT2D eigenvalue weighted by Gasteiger charge is 2.17. The Morgan fingerprint density at radius 3 is 2.42 bits per heavy atom. The number of amides is 1. The summed E-state index contributed by atoms with van der Waals surface area (Å²) >= 11 is 0. The van der Waals surface area contributed by atoms with Gasteiger partial charge in [0.05, 0.1) is 16.8 Å². The van der Waals surface area contributed by atoms with Crippen molar-refractivity contribution in [2.75, 3.05) is 11.9 Å². The normalized spacial score (nSPS) is 10.6. The molecule has 0 spiro atoms. The SMILES string of the molecule is CCc1ccccc1NC(=O)COC(=O)c1cc(-c2ccccc2)nc2ccccc12. The maximum atomic E-state index is 12.9. The molecule has 1 N–H and O–H groups in total. The Morgan fingerprint density at radius 2 is 1.61 bits per heavy atom. The number of hydrogen-bond donors (Lipinski definition) is 1. The predicted octanol–water partition coefficient (Wildman–Crippen LogP) is 5.26. The maximum Gasteiger partial charge on any atom is 0.339 e. The zero-order valence-electron chi connectivity index (χ0n) is 17.2. The predicted molar refractivity (Wildman–Crippen MR) is 122 cm³/mol. The first-order chi connectivity index (χ1) is 15.2. The standard InChI is InChI=1S/C26H22N2O3/c1-2-18-10-6-8-14-22(18)28-25(29)17-31-26(30)21-16-24(19-11-4-3-5-12-19)27-23-15-9-7-13-20(21)23/h3-16H,2,17H2,1H3,(H,28,29). The Hall–Kier alpha value is -3.99. The number of nitrogens with zero attached hydrogens (tertiary/aromatic N) is 1. The van der Waals surface area contributed by atoms with Crippen LogP contribution in [0.1, 0.15) is 22.8 Å². The smallest absolute Gasteiger partial charge is 0.339 e. The molecule has 0 atom stereocenters. The molecule has 0 radical (unpaired) electrons. The Balaban J connectivity index is 1.55. The van der Waals surface area contributed by atoms with E-state index in [1.54, 1.807) is 6.07 Å². The lowest BCUT2D eigenvalue weighted by Gasteiger charge is -2.12. The third-order valence-electron chi connectivity index (χ3n) is 5.01. The van der Waals surface area contributed by atoms with E-state index in [4.69, 9.17) is 4.74 Å². The molecular formula is C26H22N2O3. The molecule has 0 saturated heterocycles. The minimum absolute atomic E-state index is 0.367. The van der Waals surface area contributed by atoms with Gasteiger partial charge in [-0.15, -0.1) is 0 Å². The van der Waals surface area contributed by atoms with Crippen LogP contribution < -0.4 is 5.32 Å². The van der Waals surface area contributed by atoms with Crippen molar-refractivity contribution >= 4 is 28.5 Å². The second kappa shape index (κ2) is 9.22. The lowest BCUT2D eigenvalue weighted by atomic mass is 10.0. The van der Waals surface area contributed by atoms with Gasteiger partial charge in [0.1, 0.15) is 0 Å². The van der Waals surface area contributed by atoms with Crippen molar-refractivity contribution in [3.63, 3.8) is 0 Å². The summed E-state index contributed by atoms with van der Waals surface area (Å²) in [6, 6.07) is 26.3. The second-order valence-corrected chi connectivity index (χ2v) is 7.07. The average Bonchev–Trinajstić information content (AvgIpc) is 2.82. The molecule has 0 saturated carbocycles. The van der Waals surface area contributed by atoms with Crippen LogP contribution in [0.15, 0.2) is 84.9 Å². The van der Waals surface area contributed by atoms with Gasteiger partial charge in [0.15, 0.2) is 6.61 Å². The molecular weight excluding hydrogens is 388 g/mol. The molecule has 5 nitrogen and oxygen atoms in total. The van der Waals surface area contributed by atoms with E-state index < -0.39 is 5.97 Å². The number of nitrogens with one attached hydrogen (secondary N) is 1. The molecule has 0 aliphatic heterocycles. The maximum absolute atomic E-state index is 12.9. The number of esters is 1. The van der Waals surface area contributed by atoms with Gasteiger partial charge in [-0.2, -0.15) is 0 Å². The van der Waals surface area contributed by atoms with Crippen LogP contribution in [0.25, 0.3) is 22.2 Å². The fourth-order valence-corrected chi connectivity index (χ4v) is 3.45. The van der Waals surface area contributed by atoms with Crippen LogP contribution in [0.2, 0.25) is 0 Å². The quantitative estimate of drug-likeness (QED) is 0.440. The Morgan fingerprint density at radius 1 is 0.903 bits per heavy atom. The van der Waals surface area contributed by atoms with Crippen LogP contribution in [0.5, 0.6) is 0 Å². The molecule has 1 aromatic heterocycles. The minimum Gasteiger partial charge on any atom is -0.452 e. The number of aromatic nitrogens is 1. The van der Waals surface area contributed by atoms with E-state index in [0.717, 1.165) is 23.2 Å². The molecule has 31 heavy (non-hydrogen) atoms. The van der Waals surface area contributed by atoms with Gasteiger partial charge in [-0.25, -0.2) is 9.78 Å². The number of fused-ring (bicyclic) bond motifs is 1. The topological polar surface area (TPSA) is 68.3 Å². The number of carbonyl (C=O) groups is 2. The summed E-state index contributed by atoms with van der Waals surface area (Å²) < 4.78 is 5.36. The number of benzene rings is 3. The molecule has 3 aromatic carbocycles. The molecule has 0 bridgehead atoms. The summed E-state index contributed by atoms with van der Waals surface area (Å²) in [5.41, 5.74) is 4.40. The van der Waals surface area contributed by atoms with Crippen LogP contribution in [-0.2, 0) is 16.0 Å². The van der Waals surface area contributed by atoms with E-state index in [2.05, 4.69) is 10.3 Å². The van der Waals surface area contributed by atoms with Crippen molar-refractivity contribution in [1.29, 1.82) is 0 Å². The lowest BCUT2D eigenvalue weighted by molar-refractivity contribution is -0.119. The monoisotopic (exact) mass is 410 g/mol. The molecule has 154 valence electrons. The van der Waals surface area contributed by atoms with E-state index in [1.165, 1.54) is 0 Å². The van der Waals surface area contributed by atoms with E-state index in [0.29, 0.717) is 22.2 Å². The van der Waals surface area contributed by atoms with Gasteiger partial charge < -0.3 is 10.1 Å². The summed E-state index contributed by atoms with van der Waals surface area (Å²) in [6.45, 7) is 1.65. The largest absolute Gasteiger partial charge is 0.452 e. The number of aryl methyl sites for hydroxylation is 1. The molecule has 0 unspecified atom stereocenters. The van der Waals surface area contributed by atoms with Gasteiger partial charge in [-0.1, -0.05) is 73.7 Å². The van der Waals surface area contributed by atoms with Crippen molar-refractivity contribution in [2.24, 2.45) is 0 Å². The van der Waals surface area contributed by atoms with Crippen LogP contribution in [0.3, 0.4) is 0 Å². The summed E-state index contributed by atoms with van der Waals surface area (Å²) in [6.07, 6.45) is 0.793. The van der Waals surface area contributed by atoms with Crippen LogP contribution in [0, 0.1) is 0 Å². The van der Waals surface area contributed by atoms with Gasteiger partial charge in [0, 0.05) is 16.6 Å². The first kappa shape index (κ1) is 20.3. The molecule has 4 aromatic rings. The number of para-hydroxylation sites is 2. The molecule has 4 rings (SSSR count). The Labute approximate surface area is 180 Å². The first-order valence-corrected chi connectivity index (χ1v) is 10.2. The number of pyridine rings is 1. The highest BCUT2D eigenvalue weighted by molar-refractivity contribution is 6.05. The van der Waals surface area contributed by atoms with E-state index in [9.17, 15) is 9.59 Å². The van der Waals surface area contributed by atoms with E-state index in [-0.39, 0.29) is 12.5 Å². The van der Waals surface area contributed by atoms with Crippen molar-refractivity contribution in [1.82, 2.24) is 4.98 Å². The number of rotatable bonds is 6. The second-order valence-electron chi connectivity index (χ2n) is 7.07. The molecule has 0 aliphatic rings. The molecule has 0 fully saturated rings.